The number of nitrogens with zero attached hydrogens (tertiary/aromatic N) is 3. The summed E-state index contributed by atoms with van der Waals surface area (Å²) in [6.45, 7) is 2.82. The van der Waals surface area contributed by atoms with Crippen molar-refractivity contribution < 1.29 is 9.47 Å². The monoisotopic (exact) mass is 410 g/mol. The normalized spacial score (nSPS) is 12.0. The van der Waals surface area contributed by atoms with Crippen molar-refractivity contribution in [2.45, 2.75) is 13.1 Å². The SMILES string of the molecule is CN(C)CCn1c(NCc2ccc3c(c2)OCO3)nc2ccccc21.Cl.Cl. The van der Waals surface area contributed by atoms with Crippen molar-refractivity contribution in [3.05, 3.63) is 48.0 Å². The molecule has 0 saturated heterocycles. The molecule has 0 aliphatic carbocycles. The van der Waals surface area contributed by atoms with Crippen molar-refractivity contribution in [3.63, 3.8) is 0 Å². The van der Waals surface area contributed by atoms with Gasteiger partial charge in [-0.1, -0.05) is 18.2 Å². The Bertz CT molecular complexity index is 899. The van der Waals surface area contributed by atoms with Gasteiger partial charge in [-0.2, -0.15) is 0 Å². The largest absolute Gasteiger partial charge is 0.454 e. The van der Waals surface area contributed by atoms with Crippen LogP contribution < -0.4 is 14.8 Å². The summed E-state index contributed by atoms with van der Waals surface area (Å²) in [5.41, 5.74) is 3.29. The summed E-state index contributed by atoms with van der Waals surface area (Å²) in [5, 5.41) is 3.47. The molecule has 3 aromatic rings. The number of para-hydroxylation sites is 2. The first-order valence-corrected chi connectivity index (χ1v) is 8.43. The van der Waals surface area contributed by atoms with Crippen molar-refractivity contribution in [2.24, 2.45) is 0 Å². The average Bonchev–Trinajstić information content (AvgIpc) is 3.21. The zero-order chi connectivity index (χ0) is 17.2. The molecule has 2 heterocycles. The predicted octanol–water partition coefficient (Wildman–Crippen LogP) is 3.78. The van der Waals surface area contributed by atoms with E-state index in [9.17, 15) is 0 Å². The lowest BCUT2D eigenvalue weighted by Gasteiger charge is -2.14. The second kappa shape index (κ2) is 9.17. The van der Waals surface area contributed by atoms with Gasteiger partial charge in [0.05, 0.1) is 11.0 Å². The van der Waals surface area contributed by atoms with Crippen LogP contribution in [0.2, 0.25) is 0 Å². The topological polar surface area (TPSA) is 51.5 Å². The molecule has 27 heavy (non-hydrogen) atoms. The van der Waals surface area contributed by atoms with Crippen molar-refractivity contribution in [2.75, 3.05) is 32.7 Å². The number of hydrogen-bond donors (Lipinski definition) is 1. The second-order valence-corrected chi connectivity index (χ2v) is 6.42. The minimum atomic E-state index is 0. The summed E-state index contributed by atoms with van der Waals surface area (Å²) in [6.07, 6.45) is 0. The van der Waals surface area contributed by atoms with E-state index in [4.69, 9.17) is 14.5 Å². The van der Waals surface area contributed by atoms with Gasteiger partial charge in [0.15, 0.2) is 11.5 Å². The molecule has 0 spiro atoms. The average molecular weight is 411 g/mol. The van der Waals surface area contributed by atoms with E-state index in [0.717, 1.165) is 47.1 Å². The van der Waals surface area contributed by atoms with Crippen LogP contribution in [0.25, 0.3) is 11.0 Å². The zero-order valence-electron chi connectivity index (χ0n) is 15.3. The highest BCUT2D eigenvalue weighted by Crippen LogP contribution is 2.32. The van der Waals surface area contributed by atoms with Gasteiger partial charge in [-0.3, -0.25) is 0 Å². The van der Waals surface area contributed by atoms with E-state index >= 15 is 0 Å². The minimum Gasteiger partial charge on any atom is -0.454 e. The number of likely N-dealkylation sites (N-methyl/N-ethyl adjacent to an activating group) is 1. The first-order chi connectivity index (χ1) is 12.2. The number of anilines is 1. The Morgan fingerprint density at radius 2 is 1.85 bits per heavy atom. The molecule has 146 valence electrons. The molecule has 1 aliphatic rings. The zero-order valence-corrected chi connectivity index (χ0v) is 17.0. The third kappa shape index (κ3) is 4.58. The van der Waals surface area contributed by atoms with E-state index in [1.807, 2.05) is 30.3 Å². The smallest absolute Gasteiger partial charge is 0.231 e. The molecule has 4 rings (SSSR count). The molecule has 8 heteroatoms. The van der Waals surface area contributed by atoms with Crippen molar-refractivity contribution in [3.8, 4) is 11.5 Å². The van der Waals surface area contributed by atoms with Crippen LogP contribution in [0, 0.1) is 0 Å². The second-order valence-electron chi connectivity index (χ2n) is 6.42. The molecule has 2 aromatic carbocycles. The molecule has 1 aromatic heterocycles. The summed E-state index contributed by atoms with van der Waals surface area (Å²) < 4.78 is 13.1. The predicted molar refractivity (Wildman–Crippen MR) is 113 cm³/mol. The van der Waals surface area contributed by atoms with Crippen molar-refractivity contribution >= 4 is 41.8 Å². The van der Waals surface area contributed by atoms with E-state index in [-0.39, 0.29) is 24.8 Å². The Morgan fingerprint density at radius 3 is 2.67 bits per heavy atom. The highest BCUT2D eigenvalue weighted by atomic mass is 35.5. The van der Waals surface area contributed by atoms with E-state index in [1.165, 1.54) is 0 Å². The number of aromatic nitrogens is 2. The molecular formula is C19H24Cl2N4O2. The molecule has 1 aliphatic heterocycles. The fourth-order valence-corrected chi connectivity index (χ4v) is 2.97. The van der Waals surface area contributed by atoms with Crippen molar-refractivity contribution in [1.29, 1.82) is 0 Å². The molecule has 0 saturated carbocycles. The quantitative estimate of drug-likeness (QED) is 0.669. The minimum absolute atomic E-state index is 0. The summed E-state index contributed by atoms with van der Waals surface area (Å²) in [6, 6.07) is 14.3. The first kappa shape index (κ1) is 21.2. The van der Waals surface area contributed by atoms with E-state index < -0.39 is 0 Å². The molecular weight excluding hydrogens is 387 g/mol. The first-order valence-electron chi connectivity index (χ1n) is 8.43. The molecule has 0 radical (unpaired) electrons. The number of nitrogens with one attached hydrogen (secondary N) is 1. The van der Waals surface area contributed by atoms with Crippen LogP contribution in [-0.2, 0) is 13.1 Å². The van der Waals surface area contributed by atoms with Crippen LogP contribution in [0.5, 0.6) is 11.5 Å². The standard InChI is InChI=1S/C19H22N4O2.2ClH/c1-22(2)9-10-23-16-6-4-3-5-15(16)21-19(23)20-12-14-7-8-17-18(11-14)25-13-24-17;;/h3-8,11H,9-10,12-13H2,1-2H3,(H,20,21);2*1H. The lowest BCUT2D eigenvalue weighted by Crippen LogP contribution is -2.19. The maximum atomic E-state index is 5.45. The Kier molecular flexibility index (Phi) is 7.18. The van der Waals surface area contributed by atoms with E-state index in [1.54, 1.807) is 0 Å². The lowest BCUT2D eigenvalue weighted by molar-refractivity contribution is 0.174. The maximum Gasteiger partial charge on any atom is 0.231 e. The van der Waals surface area contributed by atoms with Gasteiger partial charge in [-0.15, -0.1) is 24.8 Å². The summed E-state index contributed by atoms with van der Waals surface area (Å²) >= 11 is 0. The van der Waals surface area contributed by atoms with Gasteiger partial charge in [0, 0.05) is 19.6 Å². The Labute approximate surface area is 171 Å². The van der Waals surface area contributed by atoms with Crippen LogP contribution in [0.1, 0.15) is 5.56 Å². The number of ether oxygens (including phenoxy) is 2. The van der Waals surface area contributed by atoms with E-state index in [2.05, 4.69) is 41.0 Å². The van der Waals surface area contributed by atoms with E-state index in [0.29, 0.717) is 13.3 Å². The number of imidazole rings is 1. The van der Waals surface area contributed by atoms with Crippen LogP contribution in [0.15, 0.2) is 42.5 Å². The van der Waals surface area contributed by atoms with Gasteiger partial charge in [0.2, 0.25) is 12.7 Å². The van der Waals surface area contributed by atoms with Crippen molar-refractivity contribution in [1.82, 2.24) is 14.5 Å². The molecule has 0 unspecified atom stereocenters. The summed E-state index contributed by atoms with van der Waals surface area (Å²) in [4.78, 5) is 6.93. The van der Waals surface area contributed by atoms with Gasteiger partial charge in [0.1, 0.15) is 0 Å². The van der Waals surface area contributed by atoms with Gasteiger partial charge in [-0.25, -0.2) is 4.98 Å². The Balaban J connectivity index is 0.00000131. The third-order valence-corrected chi connectivity index (χ3v) is 4.31. The molecule has 0 fully saturated rings. The van der Waals surface area contributed by atoms with Crippen LogP contribution in [0.4, 0.5) is 5.95 Å². The number of fused-ring (bicyclic) bond motifs is 2. The maximum absolute atomic E-state index is 5.45. The lowest BCUT2D eigenvalue weighted by atomic mass is 10.2. The number of rotatable bonds is 6. The summed E-state index contributed by atoms with van der Waals surface area (Å²) in [5.74, 6) is 2.50. The molecule has 0 bridgehead atoms. The number of benzene rings is 2. The molecule has 1 N–H and O–H groups in total. The summed E-state index contributed by atoms with van der Waals surface area (Å²) in [7, 11) is 4.16. The van der Waals surface area contributed by atoms with Gasteiger partial charge in [-0.05, 0) is 43.9 Å². The third-order valence-electron chi connectivity index (χ3n) is 4.31. The number of hydrogen-bond acceptors (Lipinski definition) is 5. The van der Waals surface area contributed by atoms with Crippen LogP contribution in [-0.4, -0.2) is 41.9 Å². The fourth-order valence-electron chi connectivity index (χ4n) is 2.97. The van der Waals surface area contributed by atoms with Gasteiger partial charge < -0.3 is 24.3 Å². The molecule has 0 amide bonds. The highest BCUT2D eigenvalue weighted by Gasteiger charge is 2.14. The highest BCUT2D eigenvalue weighted by molar-refractivity contribution is 5.85. The van der Waals surface area contributed by atoms with Gasteiger partial charge >= 0.3 is 0 Å². The number of halogens is 2. The Morgan fingerprint density at radius 1 is 1.07 bits per heavy atom. The molecule has 0 atom stereocenters. The fraction of sp³-hybridized carbons (Fsp3) is 0.316. The Hall–Kier alpha value is -2.15. The molecule has 6 nitrogen and oxygen atoms in total. The van der Waals surface area contributed by atoms with Crippen LogP contribution >= 0.6 is 24.8 Å². The van der Waals surface area contributed by atoms with Crippen LogP contribution in [0.3, 0.4) is 0 Å². The van der Waals surface area contributed by atoms with Gasteiger partial charge in [0.25, 0.3) is 0 Å².